The third kappa shape index (κ3) is 4.19. The monoisotopic (exact) mass is 190 g/mol. The summed E-state index contributed by atoms with van der Waals surface area (Å²) in [5.41, 5.74) is 1.01. The number of pyridine rings is 1. The van der Waals surface area contributed by atoms with Gasteiger partial charge in [-0.05, 0) is 38.1 Å². The largest absolute Gasteiger partial charge is 0.311 e. The van der Waals surface area contributed by atoms with Crippen LogP contribution in [0.25, 0.3) is 6.08 Å². The molecule has 0 aromatic carbocycles. The molecule has 1 N–H and O–H groups in total. The maximum absolute atomic E-state index is 4.22. The average molecular weight is 190 g/mol. The van der Waals surface area contributed by atoms with Crippen molar-refractivity contribution < 1.29 is 0 Å². The van der Waals surface area contributed by atoms with E-state index in [9.17, 15) is 0 Å². The summed E-state index contributed by atoms with van der Waals surface area (Å²) >= 11 is 0. The zero-order valence-electron chi connectivity index (χ0n) is 8.90. The second-order valence-corrected chi connectivity index (χ2v) is 3.36. The van der Waals surface area contributed by atoms with Crippen molar-refractivity contribution in [3.8, 4) is 0 Å². The molecule has 0 radical (unpaired) electrons. The van der Waals surface area contributed by atoms with Gasteiger partial charge in [-0.3, -0.25) is 4.98 Å². The Morgan fingerprint density at radius 1 is 1.50 bits per heavy atom. The van der Waals surface area contributed by atoms with Gasteiger partial charge in [-0.1, -0.05) is 19.1 Å². The summed E-state index contributed by atoms with van der Waals surface area (Å²) in [5.74, 6) is 0. The highest BCUT2D eigenvalue weighted by molar-refractivity contribution is 5.44. The Kier molecular flexibility index (Phi) is 4.94. The molecule has 14 heavy (non-hydrogen) atoms. The van der Waals surface area contributed by atoms with E-state index in [1.165, 1.54) is 6.42 Å². The van der Waals surface area contributed by atoms with Crippen molar-refractivity contribution in [2.75, 3.05) is 6.54 Å². The Morgan fingerprint density at radius 2 is 2.36 bits per heavy atom. The highest BCUT2D eigenvalue weighted by Crippen LogP contribution is 1.97. The van der Waals surface area contributed by atoms with Crippen molar-refractivity contribution in [2.45, 2.75) is 26.3 Å². The number of nitrogens with one attached hydrogen (secondary N) is 1. The molecule has 0 spiro atoms. The Bertz CT molecular complexity index is 267. The Balaban J connectivity index is 2.39. The average Bonchev–Trinajstić information content (AvgIpc) is 2.25. The van der Waals surface area contributed by atoms with Gasteiger partial charge in [0.15, 0.2) is 0 Å². The lowest BCUT2D eigenvalue weighted by atomic mass is 10.2. The summed E-state index contributed by atoms with van der Waals surface area (Å²) in [5, 5.41) is 3.39. The molecule has 76 valence electrons. The van der Waals surface area contributed by atoms with Gasteiger partial charge < -0.3 is 5.32 Å². The van der Waals surface area contributed by atoms with E-state index in [-0.39, 0.29) is 0 Å². The minimum atomic E-state index is 0.414. The summed E-state index contributed by atoms with van der Waals surface area (Å²) in [6, 6.07) is 6.34. The van der Waals surface area contributed by atoms with E-state index < -0.39 is 0 Å². The minimum absolute atomic E-state index is 0.414. The Morgan fingerprint density at radius 3 is 3.00 bits per heavy atom. The van der Waals surface area contributed by atoms with Gasteiger partial charge in [0, 0.05) is 12.2 Å². The topological polar surface area (TPSA) is 24.9 Å². The minimum Gasteiger partial charge on any atom is -0.311 e. The zero-order chi connectivity index (χ0) is 10.2. The van der Waals surface area contributed by atoms with Crippen LogP contribution in [0.1, 0.15) is 26.0 Å². The van der Waals surface area contributed by atoms with E-state index in [4.69, 9.17) is 0 Å². The summed E-state index contributed by atoms with van der Waals surface area (Å²) < 4.78 is 0. The third-order valence-electron chi connectivity index (χ3n) is 1.96. The predicted octanol–water partition coefficient (Wildman–Crippen LogP) is 2.48. The number of nitrogens with zero attached hydrogens (tertiary/aromatic N) is 1. The lowest BCUT2D eigenvalue weighted by Gasteiger charge is -2.06. The van der Waals surface area contributed by atoms with Crippen LogP contribution in [-0.2, 0) is 0 Å². The number of hydrogen-bond acceptors (Lipinski definition) is 2. The van der Waals surface area contributed by atoms with Crippen molar-refractivity contribution in [2.24, 2.45) is 0 Å². The highest BCUT2D eigenvalue weighted by Gasteiger charge is 1.93. The van der Waals surface area contributed by atoms with Gasteiger partial charge in [-0.25, -0.2) is 0 Å². The molecular weight excluding hydrogens is 172 g/mol. The van der Waals surface area contributed by atoms with Gasteiger partial charge in [-0.2, -0.15) is 0 Å². The first kappa shape index (κ1) is 10.9. The summed E-state index contributed by atoms with van der Waals surface area (Å²) in [7, 11) is 0. The lowest BCUT2D eigenvalue weighted by molar-refractivity contribution is 0.625. The molecule has 1 unspecified atom stereocenters. The molecule has 2 heteroatoms. The molecule has 1 heterocycles. The van der Waals surface area contributed by atoms with Gasteiger partial charge in [0.25, 0.3) is 0 Å². The van der Waals surface area contributed by atoms with E-state index in [2.05, 4.69) is 30.2 Å². The molecule has 0 amide bonds. The molecule has 0 saturated heterocycles. The van der Waals surface area contributed by atoms with Crippen LogP contribution in [0.3, 0.4) is 0 Å². The SMILES string of the molecule is CCCNC(C)/C=C/c1ccccn1. The van der Waals surface area contributed by atoms with E-state index in [1.807, 2.05) is 30.5 Å². The predicted molar refractivity (Wildman–Crippen MR) is 61.0 cm³/mol. The fraction of sp³-hybridized carbons (Fsp3) is 0.417. The lowest BCUT2D eigenvalue weighted by Crippen LogP contribution is -2.24. The van der Waals surface area contributed by atoms with Gasteiger partial charge >= 0.3 is 0 Å². The van der Waals surface area contributed by atoms with E-state index in [1.54, 1.807) is 0 Å². The fourth-order valence-electron chi connectivity index (χ4n) is 1.16. The number of aromatic nitrogens is 1. The van der Waals surface area contributed by atoms with Crippen LogP contribution in [0, 0.1) is 0 Å². The molecular formula is C12H18N2. The fourth-order valence-corrected chi connectivity index (χ4v) is 1.16. The van der Waals surface area contributed by atoms with Gasteiger partial charge in [0.1, 0.15) is 0 Å². The van der Waals surface area contributed by atoms with Crippen molar-refractivity contribution in [1.29, 1.82) is 0 Å². The van der Waals surface area contributed by atoms with E-state index in [0.29, 0.717) is 6.04 Å². The maximum atomic E-state index is 4.22. The van der Waals surface area contributed by atoms with E-state index >= 15 is 0 Å². The van der Waals surface area contributed by atoms with Crippen LogP contribution >= 0.6 is 0 Å². The van der Waals surface area contributed by atoms with Gasteiger partial charge in [0.05, 0.1) is 5.69 Å². The van der Waals surface area contributed by atoms with Crippen molar-refractivity contribution in [3.63, 3.8) is 0 Å². The molecule has 2 nitrogen and oxygen atoms in total. The molecule has 0 aliphatic rings. The maximum Gasteiger partial charge on any atom is 0.0627 e. The summed E-state index contributed by atoms with van der Waals surface area (Å²) in [6.45, 7) is 5.38. The van der Waals surface area contributed by atoms with Crippen LogP contribution in [-0.4, -0.2) is 17.6 Å². The molecule has 0 bridgehead atoms. The normalized spacial score (nSPS) is 13.3. The quantitative estimate of drug-likeness (QED) is 0.771. The van der Waals surface area contributed by atoms with Gasteiger partial charge in [0.2, 0.25) is 0 Å². The highest BCUT2D eigenvalue weighted by atomic mass is 14.9. The van der Waals surface area contributed by atoms with Crippen LogP contribution in [0.15, 0.2) is 30.5 Å². The first-order chi connectivity index (χ1) is 6.83. The summed E-state index contributed by atoms with van der Waals surface area (Å²) in [4.78, 5) is 4.22. The third-order valence-corrected chi connectivity index (χ3v) is 1.96. The molecule has 1 aromatic heterocycles. The second kappa shape index (κ2) is 6.33. The van der Waals surface area contributed by atoms with Crippen molar-refractivity contribution in [1.82, 2.24) is 10.3 Å². The molecule has 1 aromatic rings. The second-order valence-electron chi connectivity index (χ2n) is 3.36. The summed E-state index contributed by atoms with van der Waals surface area (Å²) in [6.07, 6.45) is 7.16. The van der Waals surface area contributed by atoms with Crippen LogP contribution in [0.4, 0.5) is 0 Å². The van der Waals surface area contributed by atoms with Crippen molar-refractivity contribution in [3.05, 3.63) is 36.2 Å². The van der Waals surface area contributed by atoms with Gasteiger partial charge in [-0.15, -0.1) is 0 Å². The van der Waals surface area contributed by atoms with Crippen molar-refractivity contribution >= 4 is 6.08 Å². The first-order valence-electron chi connectivity index (χ1n) is 5.15. The van der Waals surface area contributed by atoms with Crippen LogP contribution in [0.5, 0.6) is 0 Å². The van der Waals surface area contributed by atoms with E-state index in [0.717, 1.165) is 12.2 Å². The Hall–Kier alpha value is -1.15. The molecule has 0 aliphatic heterocycles. The molecule has 0 saturated carbocycles. The van der Waals surface area contributed by atoms with Crippen LogP contribution in [0.2, 0.25) is 0 Å². The van der Waals surface area contributed by atoms with Crippen LogP contribution < -0.4 is 5.32 Å². The Labute approximate surface area is 86.1 Å². The standard InChI is InChI=1S/C12H18N2/c1-3-9-13-11(2)7-8-12-6-4-5-10-14-12/h4-8,10-11,13H,3,9H2,1-2H3/b8-7+. The first-order valence-corrected chi connectivity index (χ1v) is 5.15. The number of rotatable bonds is 5. The smallest absolute Gasteiger partial charge is 0.0627 e. The molecule has 0 fully saturated rings. The molecule has 1 atom stereocenters. The molecule has 1 rings (SSSR count). The zero-order valence-corrected chi connectivity index (χ0v) is 8.90. The number of hydrogen-bond donors (Lipinski definition) is 1. The molecule has 0 aliphatic carbocycles.